The van der Waals surface area contributed by atoms with E-state index in [4.69, 9.17) is 0 Å². The third-order valence-corrected chi connectivity index (χ3v) is 6.21. The quantitative estimate of drug-likeness (QED) is 0.659. The van der Waals surface area contributed by atoms with Gasteiger partial charge in [-0.15, -0.1) is 0 Å². The lowest BCUT2D eigenvalue weighted by Gasteiger charge is -2.59. The first-order valence-corrected chi connectivity index (χ1v) is 10.4. The lowest BCUT2D eigenvalue weighted by Crippen LogP contribution is -2.70. The molecule has 150 valence electrons. The summed E-state index contributed by atoms with van der Waals surface area (Å²) in [7, 11) is 0. The number of amides is 1. The maximum Gasteiger partial charge on any atom is 0.246 e. The summed E-state index contributed by atoms with van der Waals surface area (Å²) < 4.78 is 0. The Morgan fingerprint density at radius 1 is 1.22 bits per heavy atom. The molecule has 2 atom stereocenters. The zero-order valence-corrected chi connectivity index (χ0v) is 18.1. The molecule has 0 aromatic heterocycles. The Balaban J connectivity index is 2.36. The molecule has 0 saturated carbocycles. The zero-order chi connectivity index (χ0) is 20.2. The first-order chi connectivity index (χ1) is 12.6. The number of hydrogen-bond acceptors (Lipinski definition) is 2. The Morgan fingerprint density at radius 2 is 1.85 bits per heavy atom. The van der Waals surface area contributed by atoms with Crippen LogP contribution < -0.4 is 5.32 Å². The summed E-state index contributed by atoms with van der Waals surface area (Å²) in [5, 5.41) is 3.34. The van der Waals surface area contributed by atoms with Crippen LogP contribution in [-0.4, -0.2) is 27.9 Å². The summed E-state index contributed by atoms with van der Waals surface area (Å²) in [5.74, 6) is 0.458. The third-order valence-electron chi connectivity index (χ3n) is 6.21. The van der Waals surface area contributed by atoms with Crippen LogP contribution in [-0.2, 0) is 11.3 Å². The van der Waals surface area contributed by atoms with Gasteiger partial charge in [-0.3, -0.25) is 9.69 Å². The van der Waals surface area contributed by atoms with E-state index in [2.05, 4.69) is 81.7 Å². The number of carbonyl (C=O) groups is 1. The first kappa shape index (κ1) is 21.7. The van der Waals surface area contributed by atoms with Crippen LogP contribution in [0.1, 0.15) is 72.8 Å². The standard InChI is InChI=1S/C24H38N2O/c1-8-9-15-20-16-23(4,5)26(17-19-13-11-10-12-14-19)24(6,7)21(20)25-22(27)18(2)3/h10-14,20-21H,2,8-9,15-17H2,1,3-7H3,(H,25,27). The highest BCUT2D eigenvalue weighted by Gasteiger charge is 2.51. The van der Waals surface area contributed by atoms with Crippen molar-refractivity contribution in [1.29, 1.82) is 0 Å². The summed E-state index contributed by atoms with van der Waals surface area (Å²) in [5.41, 5.74) is 1.82. The number of likely N-dealkylation sites (tertiary alicyclic amines) is 1. The fourth-order valence-electron chi connectivity index (χ4n) is 4.87. The molecule has 1 heterocycles. The van der Waals surface area contributed by atoms with Crippen LogP contribution in [0.4, 0.5) is 0 Å². The van der Waals surface area contributed by atoms with Crippen LogP contribution in [0.5, 0.6) is 0 Å². The van der Waals surface area contributed by atoms with Gasteiger partial charge in [0.15, 0.2) is 0 Å². The van der Waals surface area contributed by atoms with Crippen LogP contribution in [0.2, 0.25) is 0 Å². The molecule has 2 rings (SSSR count). The minimum Gasteiger partial charge on any atom is -0.347 e. The summed E-state index contributed by atoms with van der Waals surface area (Å²) >= 11 is 0. The van der Waals surface area contributed by atoms with Crippen LogP contribution in [0, 0.1) is 5.92 Å². The van der Waals surface area contributed by atoms with E-state index in [1.165, 1.54) is 18.4 Å². The molecule has 1 aromatic rings. The van der Waals surface area contributed by atoms with Gasteiger partial charge in [0.05, 0.1) is 0 Å². The maximum absolute atomic E-state index is 12.5. The van der Waals surface area contributed by atoms with Crippen molar-refractivity contribution >= 4 is 5.91 Å². The Bertz CT molecular complexity index is 648. The number of nitrogens with zero attached hydrogens (tertiary/aromatic N) is 1. The minimum absolute atomic E-state index is 0.0195. The van der Waals surface area contributed by atoms with E-state index in [0.717, 1.165) is 19.4 Å². The molecule has 1 fully saturated rings. The highest BCUT2D eigenvalue weighted by atomic mass is 16.1. The van der Waals surface area contributed by atoms with E-state index < -0.39 is 0 Å². The Hall–Kier alpha value is -1.61. The molecule has 1 aliphatic rings. The Morgan fingerprint density at radius 3 is 2.41 bits per heavy atom. The van der Waals surface area contributed by atoms with Gasteiger partial charge in [0.25, 0.3) is 0 Å². The van der Waals surface area contributed by atoms with E-state index in [9.17, 15) is 4.79 Å². The normalized spacial score (nSPS) is 24.4. The summed E-state index contributed by atoms with van der Waals surface area (Å²) in [4.78, 5) is 15.1. The molecule has 2 unspecified atom stereocenters. The van der Waals surface area contributed by atoms with E-state index in [0.29, 0.717) is 11.5 Å². The molecule has 1 N–H and O–H groups in total. The zero-order valence-electron chi connectivity index (χ0n) is 18.1. The van der Waals surface area contributed by atoms with Crippen molar-refractivity contribution in [3.8, 4) is 0 Å². The number of piperidine rings is 1. The number of rotatable bonds is 7. The smallest absolute Gasteiger partial charge is 0.246 e. The van der Waals surface area contributed by atoms with Crippen molar-refractivity contribution in [3.05, 3.63) is 48.0 Å². The molecular formula is C24H38N2O. The van der Waals surface area contributed by atoms with Crippen molar-refractivity contribution in [2.75, 3.05) is 0 Å². The number of nitrogens with one attached hydrogen (secondary N) is 1. The largest absolute Gasteiger partial charge is 0.347 e. The fourth-order valence-corrected chi connectivity index (χ4v) is 4.87. The SMILES string of the molecule is C=C(C)C(=O)NC1C(CCCC)CC(C)(C)N(Cc2ccccc2)C1(C)C. The van der Waals surface area contributed by atoms with Crippen molar-refractivity contribution in [2.24, 2.45) is 5.92 Å². The van der Waals surface area contributed by atoms with Crippen LogP contribution in [0.15, 0.2) is 42.5 Å². The number of carbonyl (C=O) groups excluding carboxylic acids is 1. The van der Waals surface area contributed by atoms with Crippen LogP contribution in [0.3, 0.4) is 0 Å². The van der Waals surface area contributed by atoms with Gasteiger partial charge in [-0.1, -0.05) is 56.7 Å². The molecule has 1 amide bonds. The van der Waals surface area contributed by atoms with E-state index in [-0.39, 0.29) is 23.0 Å². The molecule has 3 heteroatoms. The summed E-state index contributed by atoms with van der Waals surface area (Å²) in [6, 6.07) is 10.8. The van der Waals surface area contributed by atoms with Gasteiger partial charge in [-0.2, -0.15) is 0 Å². The average molecular weight is 371 g/mol. The van der Waals surface area contributed by atoms with Crippen molar-refractivity contribution < 1.29 is 4.79 Å². The highest BCUT2D eigenvalue weighted by Crippen LogP contribution is 2.44. The predicted octanol–water partition coefficient (Wildman–Crippen LogP) is 5.32. The van der Waals surface area contributed by atoms with Gasteiger partial charge < -0.3 is 5.32 Å². The summed E-state index contributed by atoms with van der Waals surface area (Å²) in [6.45, 7) is 18.1. The Labute approximate surface area is 166 Å². The van der Waals surface area contributed by atoms with Gasteiger partial charge in [0, 0.05) is 29.2 Å². The van der Waals surface area contributed by atoms with Crippen molar-refractivity contribution in [3.63, 3.8) is 0 Å². The lowest BCUT2D eigenvalue weighted by molar-refractivity contribution is -0.125. The minimum atomic E-state index is -0.152. The number of unbranched alkanes of at least 4 members (excludes halogenated alkanes) is 1. The monoisotopic (exact) mass is 370 g/mol. The second-order valence-corrected chi connectivity index (χ2v) is 9.38. The molecule has 3 nitrogen and oxygen atoms in total. The molecule has 1 saturated heterocycles. The van der Waals surface area contributed by atoms with E-state index in [1.54, 1.807) is 6.92 Å². The van der Waals surface area contributed by atoms with Gasteiger partial charge in [-0.05, 0) is 58.9 Å². The lowest BCUT2D eigenvalue weighted by atomic mass is 9.68. The molecule has 0 bridgehead atoms. The first-order valence-electron chi connectivity index (χ1n) is 10.4. The third kappa shape index (κ3) is 5.01. The number of benzene rings is 1. The van der Waals surface area contributed by atoms with Crippen LogP contribution >= 0.6 is 0 Å². The molecule has 0 aliphatic carbocycles. The van der Waals surface area contributed by atoms with Gasteiger partial charge in [0.1, 0.15) is 0 Å². The second kappa shape index (κ2) is 8.60. The van der Waals surface area contributed by atoms with Gasteiger partial charge >= 0.3 is 0 Å². The number of hydrogen-bond donors (Lipinski definition) is 1. The summed E-state index contributed by atoms with van der Waals surface area (Å²) in [6.07, 6.45) is 4.63. The molecule has 1 aromatic carbocycles. The van der Waals surface area contributed by atoms with Crippen molar-refractivity contribution in [2.45, 2.75) is 90.9 Å². The molecule has 0 spiro atoms. The topological polar surface area (TPSA) is 32.3 Å². The van der Waals surface area contributed by atoms with E-state index >= 15 is 0 Å². The molecule has 27 heavy (non-hydrogen) atoms. The van der Waals surface area contributed by atoms with Crippen LogP contribution in [0.25, 0.3) is 0 Å². The van der Waals surface area contributed by atoms with Crippen molar-refractivity contribution in [1.82, 2.24) is 10.2 Å². The molecular weight excluding hydrogens is 332 g/mol. The van der Waals surface area contributed by atoms with Gasteiger partial charge in [-0.25, -0.2) is 0 Å². The fraction of sp³-hybridized carbons (Fsp3) is 0.625. The average Bonchev–Trinajstić information content (AvgIpc) is 2.60. The molecule has 1 aliphatic heterocycles. The Kier molecular flexibility index (Phi) is 6.91. The predicted molar refractivity (Wildman–Crippen MR) is 115 cm³/mol. The molecule has 0 radical (unpaired) electrons. The van der Waals surface area contributed by atoms with E-state index in [1.807, 2.05) is 0 Å². The second-order valence-electron chi connectivity index (χ2n) is 9.38. The van der Waals surface area contributed by atoms with Gasteiger partial charge in [0.2, 0.25) is 5.91 Å². The maximum atomic E-state index is 12.5. The highest BCUT2D eigenvalue weighted by molar-refractivity contribution is 5.92.